The Kier molecular flexibility index (Phi) is 8.30. The molecular weight excluding hydrogens is 448 g/mol. The van der Waals surface area contributed by atoms with Crippen LogP contribution in [0.4, 0.5) is 17.6 Å². The molecule has 1 atom stereocenters. The van der Waals surface area contributed by atoms with Gasteiger partial charge in [-0.15, -0.1) is 0 Å². The van der Waals surface area contributed by atoms with Crippen molar-refractivity contribution >= 4 is 11.9 Å². The van der Waals surface area contributed by atoms with E-state index in [2.05, 4.69) is 4.90 Å². The van der Waals surface area contributed by atoms with Crippen molar-refractivity contribution in [1.82, 2.24) is 9.80 Å². The van der Waals surface area contributed by atoms with Gasteiger partial charge in [-0.05, 0) is 36.5 Å². The summed E-state index contributed by atoms with van der Waals surface area (Å²) >= 11 is 0. The molecule has 1 aromatic rings. The molecule has 1 N–H and O–H groups in total. The Morgan fingerprint density at radius 1 is 1.12 bits per heavy atom. The van der Waals surface area contributed by atoms with E-state index in [4.69, 9.17) is 19.4 Å². The fraction of sp³-hybridized carbons (Fsp3) is 0.636. The first-order valence-corrected chi connectivity index (χ1v) is 10.8. The molecule has 3 aliphatic heterocycles. The van der Waals surface area contributed by atoms with Gasteiger partial charge in [-0.2, -0.15) is 13.2 Å². The largest absolute Gasteiger partial charge is 0.490 e. The number of carbonyl (C=O) groups excluding carboxylic acids is 1. The average Bonchev–Trinajstić information content (AvgIpc) is 2.75. The minimum absolute atomic E-state index is 0.0984. The van der Waals surface area contributed by atoms with Gasteiger partial charge >= 0.3 is 12.1 Å². The van der Waals surface area contributed by atoms with Crippen LogP contribution in [-0.4, -0.2) is 91.1 Å². The van der Waals surface area contributed by atoms with Crippen LogP contribution in [0.5, 0.6) is 0 Å². The molecular formula is C22H28F4N2O5. The molecule has 1 aromatic carbocycles. The van der Waals surface area contributed by atoms with Gasteiger partial charge in [-0.1, -0.05) is 12.1 Å². The number of carbonyl (C=O) groups is 2. The van der Waals surface area contributed by atoms with Crippen LogP contribution in [0.2, 0.25) is 0 Å². The molecule has 4 rings (SSSR count). The number of carboxylic acid groups (broad SMARTS) is 1. The summed E-state index contributed by atoms with van der Waals surface area (Å²) in [4.78, 5) is 25.6. The molecule has 0 aliphatic carbocycles. The predicted molar refractivity (Wildman–Crippen MR) is 109 cm³/mol. The number of amides is 1. The lowest BCUT2D eigenvalue weighted by molar-refractivity contribution is -0.192. The SMILES string of the molecule is O=C(Cc1ccc(F)cc1)N1CC2(CCC(CN3CCOCC3)CO2)C1.O=C(O)C(F)(F)F. The van der Waals surface area contributed by atoms with Gasteiger partial charge in [0.25, 0.3) is 0 Å². The molecule has 184 valence electrons. The van der Waals surface area contributed by atoms with Crippen molar-refractivity contribution in [3.63, 3.8) is 0 Å². The third-order valence-corrected chi connectivity index (χ3v) is 6.08. The van der Waals surface area contributed by atoms with E-state index in [1.54, 1.807) is 12.1 Å². The molecule has 0 saturated carbocycles. The molecule has 0 aromatic heterocycles. The lowest BCUT2D eigenvalue weighted by Gasteiger charge is -2.53. The molecule has 1 spiro atoms. The number of carboxylic acids is 1. The Balaban J connectivity index is 0.000000383. The minimum atomic E-state index is -5.08. The van der Waals surface area contributed by atoms with Crippen molar-refractivity contribution in [2.45, 2.75) is 31.0 Å². The van der Waals surface area contributed by atoms with E-state index in [0.717, 1.165) is 57.9 Å². The van der Waals surface area contributed by atoms with Gasteiger partial charge < -0.3 is 19.5 Å². The molecule has 1 amide bonds. The maximum atomic E-state index is 13.0. The summed E-state index contributed by atoms with van der Waals surface area (Å²) in [5.41, 5.74) is 0.729. The first kappa shape index (κ1) is 25.4. The van der Waals surface area contributed by atoms with Crippen molar-refractivity contribution in [3.05, 3.63) is 35.6 Å². The standard InChI is InChI=1S/C20H27FN2O3.C2HF3O2/c21-18-3-1-16(2-4-18)11-19(24)23-14-20(15-23)6-5-17(13-26-20)12-22-7-9-25-10-8-22;3-2(4,5)1(6)7/h1-4,17H,5-15H2;(H,6,7). The van der Waals surface area contributed by atoms with Crippen LogP contribution in [0.3, 0.4) is 0 Å². The maximum Gasteiger partial charge on any atom is 0.490 e. The van der Waals surface area contributed by atoms with Crippen LogP contribution in [0, 0.1) is 11.7 Å². The first-order chi connectivity index (χ1) is 15.6. The second-order valence-corrected chi connectivity index (χ2v) is 8.67. The number of morpholine rings is 1. The highest BCUT2D eigenvalue weighted by Gasteiger charge is 2.48. The second-order valence-electron chi connectivity index (χ2n) is 8.67. The topological polar surface area (TPSA) is 79.3 Å². The van der Waals surface area contributed by atoms with E-state index >= 15 is 0 Å². The molecule has 3 saturated heterocycles. The van der Waals surface area contributed by atoms with Gasteiger partial charge in [-0.3, -0.25) is 9.69 Å². The summed E-state index contributed by atoms with van der Waals surface area (Å²) in [5, 5.41) is 7.12. The predicted octanol–water partition coefficient (Wildman–Crippen LogP) is 2.34. The van der Waals surface area contributed by atoms with Gasteiger partial charge in [0.2, 0.25) is 5.91 Å². The first-order valence-electron chi connectivity index (χ1n) is 10.8. The Labute approximate surface area is 189 Å². The highest BCUT2D eigenvalue weighted by Crippen LogP contribution is 2.36. The Morgan fingerprint density at radius 2 is 1.73 bits per heavy atom. The quantitative estimate of drug-likeness (QED) is 0.673. The summed E-state index contributed by atoms with van der Waals surface area (Å²) in [6, 6.07) is 6.16. The van der Waals surface area contributed by atoms with E-state index in [1.807, 2.05) is 4.90 Å². The Morgan fingerprint density at radius 3 is 2.24 bits per heavy atom. The number of aliphatic carboxylic acids is 1. The molecule has 0 bridgehead atoms. The van der Waals surface area contributed by atoms with Crippen LogP contribution < -0.4 is 0 Å². The Bertz CT molecular complexity index is 796. The zero-order chi connectivity index (χ0) is 24.1. The normalized spacial score (nSPS) is 22.8. The number of benzene rings is 1. The van der Waals surface area contributed by atoms with E-state index in [1.165, 1.54) is 12.1 Å². The molecule has 3 aliphatic rings. The van der Waals surface area contributed by atoms with Crippen molar-refractivity contribution in [1.29, 1.82) is 0 Å². The number of halogens is 4. The van der Waals surface area contributed by atoms with Crippen LogP contribution in [0.15, 0.2) is 24.3 Å². The van der Waals surface area contributed by atoms with Crippen LogP contribution in [0.25, 0.3) is 0 Å². The highest BCUT2D eigenvalue weighted by molar-refractivity contribution is 5.80. The zero-order valence-corrected chi connectivity index (χ0v) is 18.2. The van der Waals surface area contributed by atoms with Crippen LogP contribution in [-0.2, 0) is 25.5 Å². The van der Waals surface area contributed by atoms with Crippen LogP contribution >= 0.6 is 0 Å². The van der Waals surface area contributed by atoms with E-state index < -0.39 is 12.1 Å². The number of hydrogen-bond donors (Lipinski definition) is 1. The van der Waals surface area contributed by atoms with Crippen molar-refractivity contribution in [2.75, 3.05) is 52.5 Å². The zero-order valence-electron chi connectivity index (χ0n) is 18.2. The summed E-state index contributed by atoms with van der Waals surface area (Å²) in [7, 11) is 0. The summed E-state index contributed by atoms with van der Waals surface area (Å²) < 4.78 is 56.3. The number of ether oxygens (including phenoxy) is 2. The van der Waals surface area contributed by atoms with Crippen molar-refractivity contribution in [3.8, 4) is 0 Å². The minimum Gasteiger partial charge on any atom is -0.475 e. The molecule has 11 heteroatoms. The van der Waals surface area contributed by atoms with E-state index in [-0.39, 0.29) is 17.3 Å². The summed E-state index contributed by atoms with van der Waals surface area (Å²) in [6.45, 7) is 6.98. The van der Waals surface area contributed by atoms with Gasteiger partial charge in [0.1, 0.15) is 11.4 Å². The lowest BCUT2D eigenvalue weighted by Crippen LogP contribution is -2.66. The number of alkyl halides is 3. The second kappa shape index (κ2) is 10.8. The highest BCUT2D eigenvalue weighted by atomic mass is 19.4. The average molecular weight is 476 g/mol. The van der Waals surface area contributed by atoms with Crippen molar-refractivity contribution < 1.29 is 41.7 Å². The molecule has 33 heavy (non-hydrogen) atoms. The fourth-order valence-electron chi connectivity index (χ4n) is 4.17. The molecule has 1 unspecified atom stereocenters. The molecule has 7 nitrogen and oxygen atoms in total. The lowest BCUT2D eigenvalue weighted by atomic mass is 9.82. The molecule has 3 fully saturated rings. The van der Waals surface area contributed by atoms with Gasteiger partial charge in [-0.25, -0.2) is 9.18 Å². The Hall–Kier alpha value is -2.24. The van der Waals surface area contributed by atoms with Crippen LogP contribution in [0.1, 0.15) is 18.4 Å². The van der Waals surface area contributed by atoms with Gasteiger partial charge in [0, 0.05) is 19.6 Å². The summed E-state index contributed by atoms with van der Waals surface area (Å²) in [6.07, 6.45) is -2.56. The van der Waals surface area contributed by atoms with Gasteiger partial charge in [0.15, 0.2) is 0 Å². The number of likely N-dealkylation sites (tertiary alicyclic amines) is 1. The molecule has 3 heterocycles. The number of nitrogens with zero attached hydrogens (tertiary/aromatic N) is 2. The number of rotatable bonds is 4. The van der Waals surface area contributed by atoms with Gasteiger partial charge in [0.05, 0.1) is 39.3 Å². The summed E-state index contributed by atoms with van der Waals surface area (Å²) in [5.74, 6) is -2.34. The fourth-order valence-corrected chi connectivity index (χ4v) is 4.17. The van der Waals surface area contributed by atoms with Crippen molar-refractivity contribution in [2.24, 2.45) is 5.92 Å². The molecule has 0 radical (unpaired) electrons. The smallest absolute Gasteiger partial charge is 0.475 e. The third-order valence-electron chi connectivity index (χ3n) is 6.08. The maximum absolute atomic E-state index is 13.0. The van der Waals surface area contributed by atoms with E-state index in [0.29, 0.717) is 25.4 Å². The monoisotopic (exact) mass is 476 g/mol. The number of hydrogen-bond acceptors (Lipinski definition) is 5. The third kappa shape index (κ3) is 7.38. The van der Waals surface area contributed by atoms with E-state index in [9.17, 15) is 22.4 Å².